The summed E-state index contributed by atoms with van der Waals surface area (Å²) in [5.74, 6) is -1.27. The molecular weight excluding hydrogens is 275 g/mol. The van der Waals surface area contributed by atoms with E-state index in [2.05, 4.69) is 9.72 Å². The highest BCUT2D eigenvalue weighted by atomic mass is 19.4. The number of carbonyl (C=O) groups excluding carboxylic acids is 1. The maximum absolute atomic E-state index is 12.7. The first-order valence-electron chi connectivity index (χ1n) is 4.60. The van der Waals surface area contributed by atoms with Crippen LogP contribution < -0.4 is 0 Å². The zero-order valence-corrected chi connectivity index (χ0v) is 9.26. The molecule has 19 heavy (non-hydrogen) atoms. The van der Waals surface area contributed by atoms with E-state index in [-0.39, 0.29) is 6.20 Å². The maximum atomic E-state index is 12.7. The summed E-state index contributed by atoms with van der Waals surface area (Å²) >= 11 is 0. The Kier molecular flexibility index (Phi) is 4.04. The van der Waals surface area contributed by atoms with Crippen LogP contribution in [0.25, 0.3) is 0 Å². The molecule has 1 aromatic rings. The van der Waals surface area contributed by atoms with Crippen molar-refractivity contribution in [1.82, 2.24) is 4.98 Å². The van der Waals surface area contributed by atoms with Crippen LogP contribution in [0.4, 0.5) is 22.0 Å². The fraction of sp³-hybridized carbons (Fsp3) is 0.300. The van der Waals surface area contributed by atoms with Crippen LogP contribution in [0, 0.1) is 11.3 Å². The molecule has 0 bridgehead atoms. The molecule has 0 unspecified atom stereocenters. The zero-order chi connectivity index (χ0) is 14.8. The molecule has 0 aliphatic heterocycles. The van der Waals surface area contributed by atoms with Crippen LogP contribution in [0.2, 0.25) is 0 Å². The van der Waals surface area contributed by atoms with Crippen LogP contribution in [0.15, 0.2) is 6.20 Å². The molecule has 0 atom stereocenters. The van der Waals surface area contributed by atoms with Gasteiger partial charge in [-0.3, -0.25) is 0 Å². The lowest BCUT2D eigenvalue weighted by Crippen LogP contribution is -2.17. The van der Waals surface area contributed by atoms with Crippen LogP contribution >= 0.6 is 0 Å². The maximum Gasteiger partial charge on any atom is 0.418 e. The van der Waals surface area contributed by atoms with Gasteiger partial charge in [-0.15, -0.1) is 0 Å². The number of aromatic nitrogens is 1. The number of methoxy groups -OCH3 is 1. The molecule has 0 N–H and O–H groups in total. The number of hydrogen-bond acceptors (Lipinski definition) is 4. The molecule has 9 heteroatoms. The van der Waals surface area contributed by atoms with E-state index in [0.29, 0.717) is 0 Å². The predicted molar refractivity (Wildman–Crippen MR) is 50.3 cm³/mol. The summed E-state index contributed by atoms with van der Waals surface area (Å²) < 4.78 is 67.2. The van der Waals surface area contributed by atoms with Crippen LogP contribution in [-0.2, 0) is 10.9 Å². The lowest BCUT2D eigenvalue weighted by molar-refractivity contribution is -0.139. The van der Waals surface area contributed by atoms with E-state index in [4.69, 9.17) is 5.26 Å². The van der Waals surface area contributed by atoms with Gasteiger partial charge in [0.1, 0.15) is 6.07 Å². The van der Waals surface area contributed by atoms with Crippen LogP contribution in [0.3, 0.4) is 0 Å². The van der Waals surface area contributed by atoms with Crippen LogP contribution in [0.1, 0.15) is 33.6 Å². The molecular formula is C10H5F5N2O2. The summed E-state index contributed by atoms with van der Waals surface area (Å²) in [5, 5.41) is 8.68. The van der Waals surface area contributed by atoms with Gasteiger partial charge in [0.05, 0.1) is 23.8 Å². The van der Waals surface area contributed by atoms with Crippen molar-refractivity contribution in [3.63, 3.8) is 0 Å². The van der Waals surface area contributed by atoms with E-state index in [9.17, 15) is 26.7 Å². The van der Waals surface area contributed by atoms with Gasteiger partial charge < -0.3 is 4.74 Å². The molecule has 0 saturated carbocycles. The first kappa shape index (κ1) is 14.8. The monoisotopic (exact) mass is 280 g/mol. The van der Waals surface area contributed by atoms with Gasteiger partial charge in [0.2, 0.25) is 0 Å². The normalized spacial score (nSPS) is 11.3. The van der Waals surface area contributed by atoms with Crippen LogP contribution in [0.5, 0.6) is 0 Å². The summed E-state index contributed by atoms with van der Waals surface area (Å²) in [6, 6.07) is 1.13. The van der Waals surface area contributed by atoms with E-state index in [0.717, 1.165) is 13.2 Å². The Bertz CT molecular complexity index is 548. The molecule has 0 spiro atoms. The summed E-state index contributed by atoms with van der Waals surface area (Å²) in [5.41, 5.74) is -5.36. The summed E-state index contributed by atoms with van der Waals surface area (Å²) in [6.07, 6.45) is -8.62. The number of hydrogen-bond donors (Lipinski definition) is 0. The molecule has 1 heterocycles. The standard InChI is InChI=1S/C10H5F5N2O2/c1-19-9(18)7-4(2-16)6(8(11)12)5(3-17-7)10(13,14)15/h3,8H,1H3. The second-order valence-electron chi connectivity index (χ2n) is 3.21. The molecule has 0 aliphatic carbocycles. The number of halogens is 5. The quantitative estimate of drug-likeness (QED) is 0.617. The van der Waals surface area contributed by atoms with E-state index in [1.807, 2.05) is 0 Å². The predicted octanol–water partition coefficient (Wildman–Crippen LogP) is 2.70. The van der Waals surface area contributed by atoms with Crippen molar-refractivity contribution < 1.29 is 31.5 Å². The molecule has 0 aromatic carbocycles. The molecule has 1 aromatic heterocycles. The fourth-order valence-electron chi connectivity index (χ4n) is 1.34. The SMILES string of the molecule is COC(=O)c1ncc(C(F)(F)F)c(C(F)F)c1C#N. The number of pyridine rings is 1. The summed E-state index contributed by atoms with van der Waals surface area (Å²) in [6.45, 7) is 0. The van der Waals surface area contributed by atoms with Gasteiger partial charge in [0.15, 0.2) is 5.69 Å². The number of nitriles is 1. The van der Waals surface area contributed by atoms with Gasteiger partial charge in [-0.2, -0.15) is 18.4 Å². The number of carbonyl (C=O) groups is 1. The number of rotatable bonds is 2. The van der Waals surface area contributed by atoms with Crippen molar-refractivity contribution in [3.05, 3.63) is 28.6 Å². The first-order chi connectivity index (χ1) is 8.73. The smallest absolute Gasteiger partial charge is 0.418 e. The molecule has 102 valence electrons. The zero-order valence-electron chi connectivity index (χ0n) is 9.26. The minimum atomic E-state index is -5.11. The largest absolute Gasteiger partial charge is 0.464 e. The Balaban J connectivity index is 3.68. The second-order valence-corrected chi connectivity index (χ2v) is 3.21. The van der Waals surface area contributed by atoms with Crippen molar-refractivity contribution in [2.75, 3.05) is 7.11 Å². The summed E-state index contributed by atoms with van der Waals surface area (Å²) in [4.78, 5) is 14.2. The van der Waals surface area contributed by atoms with E-state index in [1.165, 1.54) is 0 Å². The molecule has 0 fully saturated rings. The lowest BCUT2D eigenvalue weighted by Gasteiger charge is -2.14. The van der Waals surface area contributed by atoms with Gasteiger partial charge in [0, 0.05) is 6.20 Å². The highest BCUT2D eigenvalue weighted by Gasteiger charge is 2.39. The van der Waals surface area contributed by atoms with Gasteiger partial charge in [-0.05, 0) is 0 Å². The van der Waals surface area contributed by atoms with Gasteiger partial charge in [0.25, 0.3) is 6.43 Å². The van der Waals surface area contributed by atoms with Crippen molar-refractivity contribution in [1.29, 1.82) is 5.26 Å². The fourth-order valence-corrected chi connectivity index (χ4v) is 1.34. The molecule has 0 amide bonds. The number of esters is 1. The molecule has 1 rings (SSSR count). The van der Waals surface area contributed by atoms with Crippen molar-refractivity contribution in [2.24, 2.45) is 0 Å². The van der Waals surface area contributed by atoms with Crippen LogP contribution in [-0.4, -0.2) is 18.1 Å². The number of ether oxygens (including phenoxy) is 1. The minimum absolute atomic E-state index is 0.0780. The summed E-state index contributed by atoms with van der Waals surface area (Å²) in [7, 11) is 0.880. The lowest BCUT2D eigenvalue weighted by atomic mass is 10.0. The Morgan fingerprint density at radius 2 is 2.05 bits per heavy atom. The average molecular weight is 280 g/mol. The average Bonchev–Trinajstić information content (AvgIpc) is 2.34. The van der Waals surface area contributed by atoms with Crippen molar-refractivity contribution >= 4 is 5.97 Å². The van der Waals surface area contributed by atoms with E-state index in [1.54, 1.807) is 0 Å². The highest BCUT2D eigenvalue weighted by molar-refractivity contribution is 5.90. The molecule has 0 aliphatic rings. The Morgan fingerprint density at radius 1 is 1.47 bits per heavy atom. The Labute approximate surface area is 103 Å². The Hall–Kier alpha value is -2.24. The highest BCUT2D eigenvalue weighted by Crippen LogP contribution is 2.38. The molecule has 0 radical (unpaired) electrons. The van der Waals surface area contributed by atoms with Gasteiger partial charge >= 0.3 is 12.1 Å². The van der Waals surface area contributed by atoms with Crippen molar-refractivity contribution in [2.45, 2.75) is 12.6 Å². The van der Waals surface area contributed by atoms with Crippen molar-refractivity contribution in [3.8, 4) is 6.07 Å². The number of alkyl halides is 5. The Morgan fingerprint density at radius 3 is 2.42 bits per heavy atom. The third-order valence-electron chi connectivity index (χ3n) is 2.13. The molecule has 0 saturated heterocycles. The molecule has 4 nitrogen and oxygen atoms in total. The number of nitrogens with zero attached hydrogens (tertiary/aromatic N) is 2. The van der Waals surface area contributed by atoms with Gasteiger partial charge in [-0.1, -0.05) is 0 Å². The third kappa shape index (κ3) is 2.78. The third-order valence-corrected chi connectivity index (χ3v) is 2.13. The minimum Gasteiger partial charge on any atom is -0.464 e. The van der Waals surface area contributed by atoms with E-state index >= 15 is 0 Å². The first-order valence-corrected chi connectivity index (χ1v) is 4.60. The second kappa shape index (κ2) is 5.17. The van der Waals surface area contributed by atoms with Gasteiger partial charge in [-0.25, -0.2) is 18.6 Å². The topological polar surface area (TPSA) is 63.0 Å². The van der Waals surface area contributed by atoms with E-state index < -0.39 is 41.0 Å².